The molecule has 0 bridgehead atoms. The Hall–Kier alpha value is -1.88. The molecule has 0 saturated carbocycles. The number of anilines is 1. The highest BCUT2D eigenvalue weighted by Crippen LogP contribution is 2.17. The lowest BCUT2D eigenvalue weighted by atomic mass is 10.2. The second-order valence-electron chi connectivity index (χ2n) is 3.89. The molecule has 0 spiro atoms. The first-order valence-corrected chi connectivity index (χ1v) is 5.62. The third-order valence-electron chi connectivity index (χ3n) is 2.54. The second-order valence-corrected chi connectivity index (χ2v) is 3.89. The number of hydrogen-bond donors (Lipinski definition) is 2. The average molecular weight is 232 g/mol. The van der Waals surface area contributed by atoms with Gasteiger partial charge in [-0.15, -0.1) is 0 Å². The zero-order valence-electron chi connectivity index (χ0n) is 10.0. The largest absolute Gasteiger partial charge is 0.334 e. The van der Waals surface area contributed by atoms with Crippen LogP contribution >= 0.6 is 0 Å². The van der Waals surface area contributed by atoms with Gasteiger partial charge in [-0.05, 0) is 24.7 Å². The van der Waals surface area contributed by atoms with Gasteiger partial charge in [0.05, 0.1) is 23.9 Å². The lowest BCUT2D eigenvalue weighted by Crippen LogP contribution is -2.27. The van der Waals surface area contributed by atoms with Crippen molar-refractivity contribution >= 4 is 22.6 Å². The van der Waals surface area contributed by atoms with Crippen LogP contribution in [-0.2, 0) is 11.8 Å². The fraction of sp³-hybridized carbons (Fsp3) is 0.333. The second kappa shape index (κ2) is 4.97. The molecule has 90 valence electrons. The molecule has 17 heavy (non-hydrogen) atoms. The van der Waals surface area contributed by atoms with Crippen LogP contribution in [0.1, 0.15) is 6.92 Å². The summed E-state index contributed by atoms with van der Waals surface area (Å²) in [5.41, 5.74) is 2.71. The molecular weight excluding hydrogens is 216 g/mol. The van der Waals surface area contributed by atoms with E-state index >= 15 is 0 Å². The van der Waals surface area contributed by atoms with E-state index in [0.29, 0.717) is 6.54 Å². The Morgan fingerprint density at radius 3 is 3.06 bits per heavy atom. The molecular formula is C12H16N4O. The van der Waals surface area contributed by atoms with E-state index in [0.717, 1.165) is 23.3 Å². The minimum atomic E-state index is -0.0397. The number of rotatable bonds is 4. The zero-order chi connectivity index (χ0) is 12.3. The van der Waals surface area contributed by atoms with Gasteiger partial charge in [0.25, 0.3) is 0 Å². The Bertz CT molecular complexity index is 532. The molecule has 1 aromatic carbocycles. The van der Waals surface area contributed by atoms with Crippen LogP contribution in [0, 0.1) is 0 Å². The predicted octanol–water partition coefficient (Wildman–Crippen LogP) is 1.12. The number of carbonyl (C=O) groups is 1. The average Bonchev–Trinajstić information content (AvgIpc) is 2.68. The van der Waals surface area contributed by atoms with Gasteiger partial charge in [-0.25, -0.2) is 4.98 Å². The van der Waals surface area contributed by atoms with Gasteiger partial charge in [0.15, 0.2) is 0 Å². The third-order valence-corrected chi connectivity index (χ3v) is 2.54. The van der Waals surface area contributed by atoms with Crippen LogP contribution in [0.15, 0.2) is 24.5 Å². The number of aromatic nitrogens is 2. The monoisotopic (exact) mass is 232 g/mol. The Balaban J connectivity index is 2.11. The highest BCUT2D eigenvalue weighted by Gasteiger charge is 2.04. The van der Waals surface area contributed by atoms with Crippen molar-refractivity contribution in [3.63, 3.8) is 0 Å². The van der Waals surface area contributed by atoms with E-state index < -0.39 is 0 Å². The molecule has 1 amide bonds. The van der Waals surface area contributed by atoms with Gasteiger partial charge in [-0.1, -0.05) is 6.92 Å². The lowest BCUT2D eigenvalue weighted by molar-refractivity contribution is -0.115. The number of nitrogens with one attached hydrogen (secondary N) is 2. The molecule has 5 heteroatoms. The Labute approximate surface area is 99.8 Å². The van der Waals surface area contributed by atoms with Gasteiger partial charge in [-0.3, -0.25) is 4.79 Å². The number of amides is 1. The van der Waals surface area contributed by atoms with Crippen LogP contribution in [0.25, 0.3) is 11.0 Å². The third kappa shape index (κ3) is 2.62. The molecule has 0 aliphatic carbocycles. The SMILES string of the molecule is CCNCC(=O)Nc1ccc2c(c1)ncn2C. The van der Waals surface area contributed by atoms with E-state index in [1.165, 1.54) is 0 Å². The normalized spacial score (nSPS) is 10.7. The topological polar surface area (TPSA) is 59.0 Å². The standard InChI is InChI=1S/C12H16N4O/c1-3-13-7-12(17)15-9-4-5-11-10(6-9)14-8-16(11)2/h4-6,8,13H,3,7H2,1-2H3,(H,15,17). The molecule has 2 aromatic rings. The summed E-state index contributed by atoms with van der Waals surface area (Å²) in [6, 6.07) is 5.71. The molecule has 1 heterocycles. The van der Waals surface area contributed by atoms with Crippen molar-refractivity contribution < 1.29 is 4.79 Å². The number of fused-ring (bicyclic) bond motifs is 1. The van der Waals surface area contributed by atoms with Crippen LogP contribution in [-0.4, -0.2) is 28.5 Å². The van der Waals surface area contributed by atoms with Crippen molar-refractivity contribution in [2.75, 3.05) is 18.4 Å². The number of benzene rings is 1. The van der Waals surface area contributed by atoms with Crippen molar-refractivity contribution in [2.45, 2.75) is 6.92 Å². The van der Waals surface area contributed by atoms with Gasteiger partial charge < -0.3 is 15.2 Å². The summed E-state index contributed by atoms with van der Waals surface area (Å²) in [6.07, 6.45) is 1.76. The van der Waals surface area contributed by atoms with E-state index in [4.69, 9.17) is 0 Å². The van der Waals surface area contributed by atoms with Crippen LogP contribution in [0.2, 0.25) is 0 Å². The van der Waals surface area contributed by atoms with E-state index in [9.17, 15) is 4.79 Å². The number of nitrogens with zero attached hydrogens (tertiary/aromatic N) is 2. The van der Waals surface area contributed by atoms with E-state index in [1.807, 2.05) is 36.7 Å². The van der Waals surface area contributed by atoms with Crippen LogP contribution in [0.5, 0.6) is 0 Å². The van der Waals surface area contributed by atoms with Crippen molar-refractivity contribution in [1.29, 1.82) is 0 Å². The Kier molecular flexibility index (Phi) is 3.39. The van der Waals surface area contributed by atoms with Gasteiger partial charge >= 0.3 is 0 Å². The summed E-state index contributed by atoms with van der Waals surface area (Å²) in [6.45, 7) is 3.08. The minimum absolute atomic E-state index is 0.0397. The fourth-order valence-electron chi connectivity index (χ4n) is 1.66. The van der Waals surface area contributed by atoms with E-state index in [-0.39, 0.29) is 5.91 Å². The zero-order valence-corrected chi connectivity index (χ0v) is 10.0. The summed E-state index contributed by atoms with van der Waals surface area (Å²) >= 11 is 0. The quantitative estimate of drug-likeness (QED) is 0.830. The first kappa shape index (κ1) is 11.6. The van der Waals surface area contributed by atoms with Crippen molar-refractivity contribution in [1.82, 2.24) is 14.9 Å². The van der Waals surface area contributed by atoms with Gasteiger partial charge in [0.1, 0.15) is 0 Å². The smallest absolute Gasteiger partial charge is 0.238 e. The van der Waals surface area contributed by atoms with Gasteiger partial charge in [0, 0.05) is 12.7 Å². The Morgan fingerprint density at radius 2 is 2.29 bits per heavy atom. The molecule has 5 nitrogen and oxygen atoms in total. The highest BCUT2D eigenvalue weighted by molar-refractivity contribution is 5.94. The first-order valence-electron chi connectivity index (χ1n) is 5.62. The number of imidazole rings is 1. The molecule has 0 aliphatic rings. The number of hydrogen-bond acceptors (Lipinski definition) is 3. The summed E-state index contributed by atoms with van der Waals surface area (Å²) in [7, 11) is 1.94. The minimum Gasteiger partial charge on any atom is -0.334 e. The summed E-state index contributed by atoms with van der Waals surface area (Å²) < 4.78 is 1.94. The summed E-state index contributed by atoms with van der Waals surface area (Å²) in [4.78, 5) is 15.8. The number of likely N-dealkylation sites (N-methyl/N-ethyl adjacent to an activating group) is 1. The first-order chi connectivity index (χ1) is 8.20. The fourth-order valence-corrected chi connectivity index (χ4v) is 1.66. The molecule has 0 atom stereocenters. The number of aryl methyl sites for hydroxylation is 1. The summed E-state index contributed by atoms with van der Waals surface area (Å²) in [5.74, 6) is -0.0397. The molecule has 2 rings (SSSR count). The molecule has 0 aliphatic heterocycles. The Morgan fingerprint density at radius 1 is 1.47 bits per heavy atom. The van der Waals surface area contributed by atoms with Gasteiger partial charge in [-0.2, -0.15) is 0 Å². The molecule has 0 unspecified atom stereocenters. The van der Waals surface area contributed by atoms with Crippen molar-refractivity contribution in [3.8, 4) is 0 Å². The van der Waals surface area contributed by atoms with E-state index in [2.05, 4.69) is 15.6 Å². The molecule has 0 saturated heterocycles. The van der Waals surface area contributed by atoms with E-state index in [1.54, 1.807) is 6.33 Å². The summed E-state index contributed by atoms with van der Waals surface area (Å²) in [5, 5.41) is 5.81. The number of carbonyl (C=O) groups excluding carboxylic acids is 1. The van der Waals surface area contributed by atoms with Crippen LogP contribution in [0.4, 0.5) is 5.69 Å². The maximum absolute atomic E-state index is 11.5. The molecule has 0 fully saturated rings. The van der Waals surface area contributed by atoms with Crippen molar-refractivity contribution in [3.05, 3.63) is 24.5 Å². The lowest BCUT2D eigenvalue weighted by Gasteiger charge is -2.05. The molecule has 0 radical (unpaired) electrons. The van der Waals surface area contributed by atoms with Gasteiger partial charge in [0.2, 0.25) is 5.91 Å². The van der Waals surface area contributed by atoms with Crippen LogP contribution in [0.3, 0.4) is 0 Å². The predicted molar refractivity (Wildman–Crippen MR) is 67.9 cm³/mol. The highest BCUT2D eigenvalue weighted by atomic mass is 16.1. The molecule has 2 N–H and O–H groups in total. The maximum atomic E-state index is 11.5. The maximum Gasteiger partial charge on any atom is 0.238 e. The van der Waals surface area contributed by atoms with Crippen molar-refractivity contribution in [2.24, 2.45) is 7.05 Å². The van der Waals surface area contributed by atoms with Crippen LogP contribution < -0.4 is 10.6 Å². The molecule has 1 aromatic heterocycles.